The number of sulfonamides is 1. The van der Waals surface area contributed by atoms with Gasteiger partial charge in [-0.3, -0.25) is 4.79 Å². The van der Waals surface area contributed by atoms with E-state index in [-0.39, 0.29) is 23.9 Å². The molecule has 7 heteroatoms. The average Bonchev–Trinajstić information content (AvgIpc) is 2.73. The second-order valence-corrected chi connectivity index (χ2v) is 8.05. The Morgan fingerprint density at radius 3 is 2.19 bits per heavy atom. The first kappa shape index (κ1) is 18.8. The summed E-state index contributed by atoms with van der Waals surface area (Å²) in [4.78, 5) is 14.1. The maximum atomic E-state index is 12.7. The van der Waals surface area contributed by atoms with Crippen LogP contribution in [0, 0.1) is 11.3 Å². The molecular formula is C20H19N3O3S. The van der Waals surface area contributed by atoms with E-state index in [1.807, 2.05) is 36.4 Å². The van der Waals surface area contributed by atoms with Gasteiger partial charge in [0.05, 0.1) is 16.5 Å². The van der Waals surface area contributed by atoms with Gasteiger partial charge >= 0.3 is 0 Å². The van der Waals surface area contributed by atoms with Gasteiger partial charge in [-0.1, -0.05) is 30.3 Å². The van der Waals surface area contributed by atoms with Crippen LogP contribution in [0.4, 0.5) is 0 Å². The van der Waals surface area contributed by atoms with Crippen molar-refractivity contribution < 1.29 is 13.2 Å². The summed E-state index contributed by atoms with van der Waals surface area (Å²) in [5, 5.41) is 8.82. The molecule has 1 aliphatic rings. The number of carbonyl (C=O) groups excluding carboxylic acids is 1. The highest BCUT2D eigenvalue weighted by Gasteiger charge is 2.29. The van der Waals surface area contributed by atoms with Crippen LogP contribution in [-0.2, 0) is 14.8 Å². The van der Waals surface area contributed by atoms with Crippen molar-refractivity contribution in [1.82, 2.24) is 9.21 Å². The van der Waals surface area contributed by atoms with Gasteiger partial charge < -0.3 is 4.90 Å². The van der Waals surface area contributed by atoms with Gasteiger partial charge in [-0.2, -0.15) is 9.57 Å². The number of piperazine rings is 1. The summed E-state index contributed by atoms with van der Waals surface area (Å²) in [6.45, 7) is 1.17. The van der Waals surface area contributed by atoms with E-state index in [0.717, 1.165) is 5.56 Å². The van der Waals surface area contributed by atoms with Gasteiger partial charge in [0.1, 0.15) is 0 Å². The van der Waals surface area contributed by atoms with E-state index in [9.17, 15) is 13.2 Å². The third kappa shape index (κ3) is 4.42. The van der Waals surface area contributed by atoms with Crippen molar-refractivity contribution in [2.75, 3.05) is 26.2 Å². The molecule has 1 aliphatic heterocycles. The molecule has 0 N–H and O–H groups in total. The lowest BCUT2D eigenvalue weighted by Gasteiger charge is -2.33. The van der Waals surface area contributed by atoms with Gasteiger partial charge in [-0.05, 0) is 35.9 Å². The normalized spacial score (nSPS) is 15.6. The maximum Gasteiger partial charge on any atom is 0.246 e. The molecular weight excluding hydrogens is 362 g/mol. The summed E-state index contributed by atoms with van der Waals surface area (Å²) in [5.41, 5.74) is 1.35. The average molecular weight is 381 g/mol. The minimum Gasteiger partial charge on any atom is -0.337 e. The SMILES string of the molecule is N#Cc1ccc(S(=O)(=O)N2CCN(C(=O)/C=C/c3ccccc3)CC2)cc1. The van der Waals surface area contributed by atoms with E-state index in [1.165, 1.54) is 34.6 Å². The molecule has 2 aromatic carbocycles. The second-order valence-electron chi connectivity index (χ2n) is 6.11. The summed E-state index contributed by atoms with van der Waals surface area (Å²) in [5.74, 6) is -0.130. The van der Waals surface area contributed by atoms with Crippen LogP contribution in [-0.4, -0.2) is 49.7 Å². The molecule has 0 aliphatic carbocycles. The number of hydrogen-bond donors (Lipinski definition) is 0. The molecule has 1 heterocycles. The number of nitriles is 1. The van der Waals surface area contributed by atoms with Crippen molar-refractivity contribution >= 4 is 22.0 Å². The van der Waals surface area contributed by atoms with Crippen LogP contribution in [0.3, 0.4) is 0 Å². The fraction of sp³-hybridized carbons (Fsp3) is 0.200. The van der Waals surface area contributed by atoms with E-state index in [4.69, 9.17) is 5.26 Å². The summed E-state index contributed by atoms with van der Waals surface area (Å²) in [7, 11) is -3.62. The highest BCUT2D eigenvalue weighted by Crippen LogP contribution is 2.18. The Hall–Kier alpha value is -2.95. The Kier molecular flexibility index (Phi) is 5.69. The van der Waals surface area contributed by atoms with Crippen molar-refractivity contribution in [3.8, 4) is 6.07 Å². The van der Waals surface area contributed by atoms with E-state index < -0.39 is 10.0 Å². The lowest BCUT2D eigenvalue weighted by atomic mass is 10.2. The maximum absolute atomic E-state index is 12.7. The molecule has 0 radical (unpaired) electrons. The summed E-state index contributed by atoms with van der Waals surface area (Å²) >= 11 is 0. The van der Waals surface area contributed by atoms with Crippen molar-refractivity contribution in [3.05, 3.63) is 71.8 Å². The highest BCUT2D eigenvalue weighted by atomic mass is 32.2. The fourth-order valence-electron chi connectivity index (χ4n) is 2.84. The van der Waals surface area contributed by atoms with Crippen LogP contribution in [0.25, 0.3) is 6.08 Å². The molecule has 2 aromatic rings. The minimum absolute atomic E-state index is 0.130. The van der Waals surface area contributed by atoms with Gasteiger partial charge in [0.25, 0.3) is 0 Å². The zero-order chi connectivity index (χ0) is 19.3. The first-order valence-corrected chi connectivity index (χ1v) is 9.97. The molecule has 6 nitrogen and oxygen atoms in total. The minimum atomic E-state index is -3.62. The lowest BCUT2D eigenvalue weighted by molar-refractivity contribution is -0.127. The van der Waals surface area contributed by atoms with E-state index >= 15 is 0 Å². The zero-order valence-electron chi connectivity index (χ0n) is 14.7. The number of benzene rings is 2. The Morgan fingerprint density at radius 2 is 1.59 bits per heavy atom. The van der Waals surface area contributed by atoms with Crippen LogP contribution in [0.1, 0.15) is 11.1 Å². The van der Waals surface area contributed by atoms with Gasteiger partial charge in [-0.15, -0.1) is 0 Å². The van der Waals surface area contributed by atoms with Gasteiger partial charge in [0.15, 0.2) is 0 Å². The van der Waals surface area contributed by atoms with E-state index in [2.05, 4.69) is 0 Å². The molecule has 1 amide bonds. The second kappa shape index (κ2) is 8.16. The smallest absolute Gasteiger partial charge is 0.246 e. The molecule has 0 aromatic heterocycles. The van der Waals surface area contributed by atoms with E-state index in [0.29, 0.717) is 18.7 Å². The van der Waals surface area contributed by atoms with Crippen molar-refractivity contribution in [2.45, 2.75) is 4.90 Å². The Labute approximate surface area is 159 Å². The van der Waals surface area contributed by atoms with Gasteiger partial charge in [-0.25, -0.2) is 8.42 Å². The van der Waals surface area contributed by atoms with Crippen LogP contribution in [0.5, 0.6) is 0 Å². The summed E-state index contributed by atoms with van der Waals surface area (Å²) < 4.78 is 26.8. The van der Waals surface area contributed by atoms with Crippen molar-refractivity contribution in [1.29, 1.82) is 5.26 Å². The molecule has 27 heavy (non-hydrogen) atoms. The molecule has 1 saturated heterocycles. The number of amides is 1. The largest absolute Gasteiger partial charge is 0.337 e. The predicted molar refractivity (Wildman–Crippen MR) is 102 cm³/mol. The molecule has 138 valence electrons. The fourth-order valence-corrected chi connectivity index (χ4v) is 4.26. The summed E-state index contributed by atoms with van der Waals surface area (Å²) in [6, 6.07) is 17.3. The van der Waals surface area contributed by atoms with Crippen LogP contribution < -0.4 is 0 Å². The van der Waals surface area contributed by atoms with Gasteiger partial charge in [0.2, 0.25) is 15.9 Å². The Bertz CT molecular complexity index is 969. The summed E-state index contributed by atoms with van der Waals surface area (Å²) in [6.07, 6.45) is 3.27. The molecule has 1 fully saturated rings. The highest BCUT2D eigenvalue weighted by molar-refractivity contribution is 7.89. The van der Waals surface area contributed by atoms with Crippen LogP contribution in [0.15, 0.2) is 65.6 Å². The Balaban J connectivity index is 1.61. The van der Waals surface area contributed by atoms with Crippen LogP contribution in [0.2, 0.25) is 0 Å². The first-order chi connectivity index (χ1) is 13.0. The third-order valence-electron chi connectivity index (χ3n) is 4.39. The van der Waals surface area contributed by atoms with Crippen LogP contribution >= 0.6 is 0 Å². The number of rotatable bonds is 4. The van der Waals surface area contributed by atoms with Crippen molar-refractivity contribution in [2.24, 2.45) is 0 Å². The number of carbonyl (C=O) groups is 1. The van der Waals surface area contributed by atoms with Crippen molar-refractivity contribution in [3.63, 3.8) is 0 Å². The first-order valence-electron chi connectivity index (χ1n) is 8.53. The molecule has 0 saturated carbocycles. The predicted octanol–water partition coefficient (Wildman–Crippen LogP) is 2.10. The number of nitrogens with zero attached hydrogens (tertiary/aromatic N) is 3. The standard InChI is InChI=1S/C20H19N3O3S/c21-16-18-6-9-19(10-7-18)27(25,26)23-14-12-22(13-15-23)20(24)11-8-17-4-2-1-3-5-17/h1-11H,12-15H2/b11-8+. The monoisotopic (exact) mass is 381 g/mol. The molecule has 0 atom stereocenters. The number of hydrogen-bond acceptors (Lipinski definition) is 4. The lowest BCUT2D eigenvalue weighted by Crippen LogP contribution is -2.50. The third-order valence-corrected chi connectivity index (χ3v) is 6.30. The molecule has 0 bridgehead atoms. The molecule has 3 rings (SSSR count). The van der Waals surface area contributed by atoms with E-state index in [1.54, 1.807) is 11.0 Å². The molecule has 0 unspecified atom stereocenters. The van der Waals surface area contributed by atoms with Gasteiger partial charge in [0, 0.05) is 32.3 Å². The zero-order valence-corrected chi connectivity index (χ0v) is 15.5. The quantitative estimate of drug-likeness (QED) is 0.760. The molecule has 0 spiro atoms. The Morgan fingerprint density at radius 1 is 0.963 bits per heavy atom. The topological polar surface area (TPSA) is 81.5 Å².